The number of likely N-dealkylation sites (tertiary alicyclic amines) is 1. The Morgan fingerprint density at radius 1 is 1.45 bits per heavy atom. The quantitative estimate of drug-likeness (QED) is 0.277. The number of nitrogens with zero attached hydrogens (tertiary/aromatic N) is 3. The lowest BCUT2D eigenvalue weighted by atomic mass is 10.2. The van der Waals surface area contributed by atoms with Crippen LogP contribution in [0.1, 0.15) is 33.1 Å². The Morgan fingerprint density at radius 2 is 2.14 bits per heavy atom. The number of guanidine groups is 1. The summed E-state index contributed by atoms with van der Waals surface area (Å²) in [5.41, 5.74) is 5.80. The number of amides is 1. The van der Waals surface area contributed by atoms with E-state index in [0.29, 0.717) is 11.9 Å². The largest absolute Gasteiger partial charge is 0.370 e. The first-order valence-corrected chi connectivity index (χ1v) is 7.90. The SMILES string of the molecule is CC(C)CN=C(N)NCCCN1CCCC1C(=O)N(C)C.I. The molecule has 3 N–H and O–H groups in total. The summed E-state index contributed by atoms with van der Waals surface area (Å²) >= 11 is 0. The molecule has 6 nitrogen and oxygen atoms in total. The molecule has 1 amide bonds. The number of hydrogen-bond acceptors (Lipinski definition) is 3. The minimum atomic E-state index is 0. The lowest BCUT2D eigenvalue weighted by Crippen LogP contribution is -2.43. The van der Waals surface area contributed by atoms with E-state index in [2.05, 4.69) is 29.1 Å². The van der Waals surface area contributed by atoms with Crippen molar-refractivity contribution < 1.29 is 4.79 Å². The summed E-state index contributed by atoms with van der Waals surface area (Å²) in [6, 6.07) is 0.0620. The molecule has 0 radical (unpaired) electrons. The van der Waals surface area contributed by atoms with Crippen LogP contribution in [-0.4, -0.2) is 68.0 Å². The Hall–Kier alpha value is -0.570. The van der Waals surface area contributed by atoms with Crippen molar-refractivity contribution in [1.29, 1.82) is 0 Å². The van der Waals surface area contributed by atoms with Crippen LogP contribution in [0.15, 0.2) is 4.99 Å². The van der Waals surface area contributed by atoms with Crippen LogP contribution < -0.4 is 11.1 Å². The van der Waals surface area contributed by atoms with E-state index in [9.17, 15) is 4.79 Å². The number of carbonyl (C=O) groups excluding carboxylic acids is 1. The molecule has 22 heavy (non-hydrogen) atoms. The van der Waals surface area contributed by atoms with Gasteiger partial charge in [-0.25, -0.2) is 0 Å². The van der Waals surface area contributed by atoms with Gasteiger partial charge in [0.2, 0.25) is 5.91 Å². The molecule has 0 aliphatic carbocycles. The number of halogens is 1. The fraction of sp³-hybridized carbons (Fsp3) is 0.867. The second-order valence-electron chi connectivity index (χ2n) is 6.33. The summed E-state index contributed by atoms with van der Waals surface area (Å²) in [6.07, 6.45) is 3.05. The molecule has 130 valence electrons. The van der Waals surface area contributed by atoms with Gasteiger partial charge >= 0.3 is 0 Å². The molecule has 0 aromatic carbocycles. The van der Waals surface area contributed by atoms with E-state index in [1.165, 1.54) is 0 Å². The van der Waals surface area contributed by atoms with Crippen molar-refractivity contribution in [2.75, 3.05) is 40.3 Å². The van der Waals surface area contributed by atoms with Crippen molar-refractivity contribution in [1.82, 2.24) is 15.1 Å². The van der Waals surface area contributed by atoms with Gasteiger partial charge in [-0.15, -0.1) is 24.0 Å². The zero-order chi connectivity index (χ0) is 15.8. The highest BCUT2D eigenvalue weighted by Crippen LogP contribution is 2.18. The third kappa shape index (κ3) is 7.62. The van der Waals surface area contributed by atoms with Crippen molar-refractivity contribution in [2.45, 2.75) is 39.2 Å². The molecule has 1 aliphatic rings. The van der Waals surface area contributed by atoms with Gasteiger partial charge in [-0.2, -0.15) is 0 Å². The standard InChI is InChI=1S/C15H31N5O.HI/c1-12(2)11-18-15(16)17-8-6-10-20-9-5-7-13(20)14(21)19(3)4;/h12-13H,5-11H2,1-4H3,(H3,16,17,18);1H. The van der Waals surface area contributed by atoms with Crippen molar-refractivity contribution in [3.8, 4) is 0 Å². The number of nitrogens with one attached hydrogen (secondary N) is 1. The van der Waals surface area contributed by atoms with Crippen LogP contribution in [0.4, 0.5) is 0 Å². The fourth-order valence-electron chi connectivity index (χ4n) is 2.51. The Kier molecular flexibility index (Phi) is 10.8. The van der Waals surface area contributed by atoms with E-state index in [1.807, 2.05) is 14.1 Å². The number of hydrogen-bond donors (Lipinski definition) is 2. The summed E-state index contributed by atoms with van der Waals surface area (Å²) < 4.78 is 0. The lowest BCUT2D eigenvalue weighted by molar-refractivity contribution is -0.133. The molecule has 1 aliphatic heterocycles. The number of rotatable bonds is 7. The van der Waals surface area contributed by atoms with Crippen LogP contribution in [0.2, 0.25) is 0 Å². The van der Waals surface area contributed by atoms with Gasteiger partial charge in [0.25, 0.3) is 0 Å². The molecule has 0 aromatic rings. The number of nitrogens with two attached hydrogens (primary N) is 1. The van der Waals surface area contributed by atoms with Gasteiger partial charge in [0, 0.05) is 33.7 Å². The van der Waals surface area contributed by atoms with Crippen molar-refractivity contribution in [3.05, 3.63) is 0 Å². The highest BCUT2D eigenvalue weighted by Gasteiger charge is 2.30. The van der Waals surface area contributed by atoms with Crippen LogP contribution in [0.25, 0.3) is 0 Å². The molecular weight excluding hydrogens is 393 g/mol. The average molecular weight is 425 g/mol. The average Bonchev–Trinajstić information content (AvgIpc) is 2.88. The molecular formula is C15H32IN5O. The third-order valence-corrected chi connectivity index (χ3v) is 3.64. The molecule has 1 fully saturated rings. The summed E-state index contributed by atoms with van der Waals surface area (Å²) in [6.45, 7) is 7.73. The van der Waals surface area contributed by atoms with Gasteiger partial charge in [-0.05, 0) is 31.7 Å². The van der Waals surface area contributed by atoms with Gasteiger partial charge in [0.1, 0.15) is 0 Å². The zero-order valence-electron chi connectivity index (χ0n) is 14.3. The highest BCUT2D eigenvalue weighted by molar-refractivity contribution is 14.0. The van der Waals surface area contributed by atoms with Crippen LogP contribution >= 0.6 is 24.0 Å². The Bertz CT molecular complexity index is 360. The predicted octanol–water partition coefficient (Wildman–Crippen LogP) is 1.11. The molecule has 1 heterocycles. The molecule has 0 bridgehead atoms. The maximum atomic E-state index is 12.1. The van der Waals surface area contributed by atoms with Gasteiger partial charge in [-0.1, -0.05) is 13.8 Å². The zero-order valence-corrected chi connectivity index (χ0v) is 16.7. The highest BCUT2D eigenvalue weighted by atomic mass is 127. The molecule has 1 unspecified atom stereocenters. The Labute approximate surface area is 151 Å². The summed E-state index contributed by atoms with van der Waals surface area (Å²) in [7, 11) is 3.65. The Balaban J connectivity index is 0.00000441. The van der Waals surface area contributed by atoms with E-state index < -0.39 is 0 Å². The van der Waals surface area contributed by atoms with Crippen LogP contribution in [0, 0.1) is 5.92 Å². The molecule has 1 rings (SSSR count). The second-order valence-corrected chi connectivity index (χ2v) is 6.33. The summed E-state index contributed by atoms with van der Waals surface area (Å²) in [5, 5.41) is 3.13. The number of likely N-dealkylation sites (N-methyl/N-ethyl adjacent to an activating group) is 1. The van der Waals surface area contributed by atoms with E-state index in [4.69, 9.17) is 5.73 Å². The van der Waals surface area contributed by atoms with E-state index in [1.54, 1.807) is 4.90 Å². The first-order chi connectivity index (χ1) is 9.91. The maximum Gasteiger partial charge on any atom is 0.239 e. The molecule has 1 saturated heterocycles. The maximum absolute atomic E-state index is 12.1. The lowest BCUT2D eigenvalue weighted by Gasteiger charge is -2.26. The smallest absolute Gasteiger partial charge is 0.239 e. The first-order valence-electron chi connectivity index (χ1n) is 7.90. The Morgan fingerprint density at radius 3 is 2.73 bits per heavy atom. The minimum Gasteiger partial charge on any atom is -0.370 e. The predicted molar refractivity (Wildman–Crippen MR) is 103 cm³/mol. The first kappa shape index (κ1) is 21.4. The van der Waals surface area contributed by atoms with Crippen LogP contribution in [0.3, 0.4) is 0 Å². The second kappa shape index (κ2) is 11.0. The normalized spacial score (nSPS) is 19.1. The summed E-state index contributed by atoms with van der Waals surface area (Å²) in [5.74, 6) is 1.26. The molecule has 0 saturated carbocycles. The fourth-order valence-corrected chi connectivity index (χ4v) is 2.51. The van der Waals surface area contributed by atoms with E-state index in [-0.39, 0.29) is 35.9 Å². The topological polar surface area (TPSA) is 74.0 Å². The molecule has 7 heteroatoms. The minimum absolute atomic E-state index is 0. The van der Waals surface area contributed by atoms with Crippen molar-refractivity contribution >= 4 is 35.8 Å². The number of carbonyl (C=O) groups is 1. The van der Waals surface area contributed by atoms with Gasteiger partial charge in [0.05, 0.1) is 6.04 Å². The molecule has 0 aromatic heterocycles. The molecule has 0 spiro atoms. The van der Waals surface area contributed by atoms with Crippen molar-refractivity contribution in [2.24, 2.45) is 16.6 Å². The van der Waals surface area contributed by atoms with Gasteiger partial charge < -0.3 is 16.0 Å². The van der Waals surface area contributed by atoms with Gasteiger partial charge in [-0.3, -0.25) is 14.7 Å². The third-order valence-electron chi connectivity index (χ3n) is 3.64. The van der Waals surface area contributed by atoms with Gasteiger partial charge in [0.15, 0.2) is 5.96 Å². The van der Waals surface area contributed by atoms with Crippen molar-refractivity contribution in [3.63, 3.8) is 0 Å². The molecule has 1 atom stereocenters. The van der Waals surface area contributed by atoms with Crippen LogP contribution in [0.5, 0.6) is 0 Å². The van der Waals surface area contributed by atoms with E-state index in [0.717, 1.165) is 45.4 Å². The van der Waals surface area contributed by atoms with E-state index >= 15 is 0 Å². The van der Waals surface area contributed by atoms with Crippen LogP contribution in [-0.2, 0) is 4.79 Å². The monoisotopic (exact) mass is 425 g/mol. The number of aliphatic imine (C=N–C) groups is 1. The summed E-state index contributed by atoms with van der Waals surface area (Å²) in [4.78, 5) is 20.3.